The molecule has 0 bridgehead atoms. The molecule has 2 heterocycles. The van der Waals surface area contributed by atoms with Crippen molar-refractivity contribution in [2.24, 2.45) is 0 Å². The minimum absolute atomic E-state index is 0.126. The maximum atomic E-state index is 12.1. The number of pyridine rings is 1. The molecule has 0 fully saturated rings. The Hall–Kier alpha value is -2.42. The zero-order chi connectivity index (χ0) is 15.9. The number of aryl methyl sites for hydroxylation is 2. The van der Waals surface area contributed by atoms with E-state index in [0.717, 1.165) is 40.0 Å². The lowest BCUT2D eigenvalue weighted by Crippen LogP contribution is -2.05. The molecule has 0 radical (unpaired) electrons. The summed E-state index contributed by atoms with van der Waals surface area (Å²) < 4.78 is 2.08. The van der Waals surface area contributed by atoms with E-state index in [9.17, 15) is 4.79 Å². The zero-order valence-corrected chi connectivity index (χ0v) is 13.5. The Morgan fingerprint density at radius 1 is 1.23 bits per heavy atom. The molecule has 112 valence electrons. The summed E-state index contributed by atoms with van der Waals surface area (Å²) in [6.07, 6.45) is 4.76. The number of rotatable bonds is 3. The molecule has 3 heteroatoms. The van der Waals surface area contributed by atoms with E-state index in [-0.39, 0.29) is 5.78 Å². The van der Waals surface area contributed by atoms with Gasteiger partial charge < -0.3 is 0 Å². The van der Waals surface area contributed by atoms with E-state index in [1.54, 1.807) is 6.92 Å². The maximum absolute atomic E-state index is 12.1. The minimum atomic E-state index is 0.126. The lowest BCUT2D eigenvalue weighted by atomic mass is 9.91. The number of fused-ring (bicyclic) bond motifs is 1. The minimum Gasteiger partial charge on any atom is -0.300 e. The van der Waals surface area contributed by atoms with Crippen LogP contribution in [-0.4, -0.2) is 15.2 Å². The fourth-order valence-electron chi connectivity index (χ4n) is 3.14. The van der Waals surface area contributed by atoms with Crippen molar-refractivity contribution in [3.8, 4) is 11.3 Å². The fraction of sp³-hybridized carbons (Fsp3) is 0.263. The van der Waals surface area contributed by atoms with Gasteiger partial charge in [-0.05, 0) is 56.0 Å². The van der Waals surface area contributed by atoms with Crippen molar-refractivity contribution in [2.45, 2.75) is 34.1 Å². The summed E-state index contributed by atoms with van der Waals surface area (Å²) in [6.45, 7) is 7.80. The fourth-order valence-corrected chi connectivity index (χ4v) is 3.14. The summed E-state index contributed by atoms with van der Waals surface area (Å²) in [6, 6.07) is 8.27. The number of Topliss-reactive ketones (excluding diaryl/α,β-unsaturated/α-hetero) is 1. The number of hydrogen-bond donors (Lipinski definition) is 0. The van der Waals surface area contributed by atoms with Crippen molar-refractivity contribution in [2.75, 3.05) is 0 Å². The zero-order valence-electron chi connectivity index (χ0n) is 13.5. The molecule has 2 aromatic heterocycles. The first kappa shape index (κ1) is 14.5. The smallest absolute Gasteiger partial charge is 0.160 e. The third-order valence-electron chi connectivity index (χ3n) is 4.17. The lowest BCUT2D eigenvalue weighted by molar-refractivity contribution is 0.101. The lowest BCUT2D eigenvalue weighted by Gasteiger charge is -2.14. The second-order valence-electron chi connectivity index (χ2n) is 5.77. The van der Waals surface area contributed by atoms with Crippen LogP contribution >= 0.6 is 0 Å². The molecule has 3 aromatic rings. The van der Waals surface area contributed by atoms with Gasteiger partial charge in [0.1, 0.15) is 5.65 Å². The average Bonchev–Trinajstić information content (AvgIpc) is 2.89. The molecular weight excluding hydrogens is 272 g/mol. The molecule has 0 atom stereocenters. The Morgan fingerprint density at radius 2 is 2.00 bits per heavy atom. The van der Waals surface area contributed by atoms with Crippen LogP contribution in [0.5, 0.6) is 0 Å². The molecule has 0 aliphatic rings. The number of nitrogens with zero attached hydrogens (tertiary/aromatic N) is 2. The predicted molar refractivity (Wildman–Crippen MR) is 89.5 cm³/mol. The molecule has 3 nitrogen and oxygen atoms in total. The van der Waals surface area contributed by atoms with Gasteiger partial charge in [-0.1, -0.05) is 19.1 Å². The summed E-state index contributed by atoms with van der Waals surface area (Å²) in [4.78, 5) is 16.6. The average molecular weight is 292 g/mol. The molecule has 0 saturated heterocycles. The second kappa shape index (κ2) is 5.41. The molecule has 0 amide bonds. The Bertz CT molecular complexity index is 875. The van der Waals surface area contributed by atoms with Crippen LogP contribution < -0.4 is 0 Å². The summed E-state index contributed by atoms with van der Waals surface area (Å²) >= 11 is 0. The van der Waals surface area contributed by atoms with E-state index < -0.39 is 0 Å². The van der Waals surface area contributed by atoms with E-state index in [0.29, 0.717) is 0 Å². The van der Waals surface area contributed by atoms with Crippen molar-refractivity contribution in [1.82, 2.24) is 9.38 Å². The highest BCUT2D eigenvalue weighted by molar-refractivity contribution is 5.99. The van der Waals surface area contributed by atoms with Crippen LogP contribution in [0, 0.1) is 13.8 Å². The van der Waals surface area contributed by atoms with Crippen molar-refractivity contribution in [3.05, 3.63) is 58.9 Å². The van der Waals surface area contributed by atoms with E-state index >= 15 is 0 Å². The number of imidazole rings is 1. The van der Waals surface area contributed by atoms with Gasteiger partial charge in [0.05, 0.1) is 11.9 Å². The first-order valence-corrected chi connectivity index (χ1v) is 7.60. The summed E-state index contributed by atoms with van der Waals surface area (Å²) in [5.41, 5.74) is 7.24. The third kappa shape index (κ3) is 2.23. The van der Waals surface area contributed by atoms with Crippen molar-refractivity contribution >= 4 is 11.4 Å². The van der Waals surface area contributed by atoms with Gasteiger partial charge >= 0.3 is 0 Å². The van der Waals surface area contributed by atoms with Crippen LogP contribution in [0.15, 0.2) is 36.7 Å². The second-order valence-corrected chi connectivity index (χ2v) is 5.77. The van der Waals surface area contributed by atoms with Crippen LogP contribution in [0.25, 0.3) is 16.9 Å². The van der Waals surface area contributed by atoms with Gasteiger partial charge in [0.2, 0.25) is 0 Å². The largest absolute Gasteiger partial charge is 0.300 e. The van der Waals surface area contributed by atoms with Crippen molar-refractivity contribution < 1.29 is 4.79 Å². The number of carbonyl (C=O) groups excluding carboxylic acids is 1. The van der Waals surface area contributed by atoms with Gasteiger partial charge in [-0.15, -0.1) is 0 Å². The molecule has 3 rings (SSSR count). The number of carbonyl (C=O) groups is 1. The van der Waals surface area contributed by atoms with Gasteiger partial charge in [-0.2, -0.15) is 0 Å². The molecule has 0 unspecified atom stereocenters. The van der Waals surface area contributed by atoms with Crippen LogP contribution in [0.4, 0.5) is 0 Å². The highest BCUT2D eigenvalue weighted by atomic mass is 16.1. The van der Waals surface area contributed by atoms with Crippen LogP contribution in [-0.2, 0) is 6.42 Å². The molecule has 1 aromatic carbocycles. The van der Waals surface area contributed by atoms with Gasteiger partial charge in [0.15, 0.2) is 5.78 Å². The Balaban J connectivity index is 2.31. The summed E-state index contributed by atoms with van der Waals surface area (Å²) in [7, 11) is 0. The predicted octanol–water partition coefficient (Wildman–Crippen LogP) is 4.38. The molecule has 0 spiro atoms. The Kier molecular flexibility index (Phi) is 3.57. The van der Waals surface area contributed by atoms with Crippen molar-refractivity contribution in [1.29, 1.82) is 0 Å². The molecule has 0 saturated carbocycles. The Morgan fingerprint density at radius 3 is 2.68 bits per heavy atom. The highest BCUT2D eigenvalue weighted by Gasteiger charge is 2.17. The van der Waals surface area contributed by atoms with Gasteiger partial charge in [0.25, 0.3) is 0 Å². The standard InChI is InChI=1S/C19H20N2O/c1-5-15-16(7-6-13(3)19(15)14(4)22)17-11-20-18-10-12(2)8-9-21(17)18/h6-11H,5H2,1-4H3. The first-order valence-electron chi connectivity index (χ1n) is 7.60. The van der Waals surface area contributed by atoms with Gasteiger partial charge in [-0.25, -0.2) is 4.98 Å². The summed E-state index contributed by atoms with van der Waals surface area (Å²) in [5, 5.41) is 0. The summed E-state index contributed by atoms with van der Waals surface area (Å²) in [5.74, 6) is 0.126. The number of hydrogen-bond acceptors (Lipinski definition) is 2. The van der Waals surface area contributed by atoms with Crippen molar-refractivity contribution in [3.63, 3.8) is 0 Å². The highest BCUT2D eigenvalue weighted by Crippen LogP contribution is 2.30. The molecule has 22 heavy (non-hydrogen) atoms. The quantitative estimate of drug-likeness (QED) is 0.671. The number of benzene rings is 1. The monoisotopic (exact) mass is 292 g/mol. The number of aromatic nitrogens is 2. The van der Waals surface area contributed by atoms with Crippen LogP contribution in [0.3, 0.4) is 0 Å². The SMILES string of the molecule is CCc1c(-c2cnc3cc(C)ccn23)ccc(C)c1C(C)=O. The maximum Gasteiger partial charge on any atom is 0.160 e. The van der Waals surface area contributed by atoms with Crippen LogP contribution in [0.2, 0.25) is 0 Å². The molecular formula is C19H20N2O. The molecule has 0 aliphatic heterocycles. The number of ketones is 1. The topological polar surface area (TPSA) is 34.4 Å². The van der Waals surface area contributed by atoms with E-state index in [2.05, 4.69) is 41.4 Å². The normalized spacial score (nSPS) is 11.1. The van der Waals surface area contributed by atoms with Crippen LogP contribution in [0.1, 0.15) is 40.9 Å². The van der Waals surface area contributed by atoms with E-state index in [4.69, 9.17) is 0 Å². The van der Waals surface area contributed by atoms with E-state index in [1.165, 1.54) is 5.56 Å². The third-order valence-corrected chi connectivity index (χ3v) is 4.17. The molecule has 0 aliphatic carbocycles. The Labute approximate surface area is 130 Å². The van der Waals surface area contributed by atoms with Gasteiger partial charge in [0, 0.05) is 17.3 Å². The molecule has 0 N–H and O–H groups in total. The first-order chi connectivity index (χ1) is 10.5. The van der Waals surface area contributed by atoms with E-state index in [1.807, 2.05) is 25.4 Å². The van der Waals surface area contributed by atoms with Gasteiger partial charge in [-0.3, -0.25) is 9.20 Å².